The van der Waals surface area contributed by atoms with E-state index in [1.807, 2.05) is 12.1 Å². The van der Waals surface area contributed by atoms with Crippen molar-refractivity contribution in [3.05, 3.63) is 54.1 Å². The fourth-order valence-electron chi connectivity index (χ4n) is 2.99. The molecule has 2 aromatic rings. The van der Waals surface area contributed by atoms with Crippen LogP contribution < -0.4 is 5.73 Å². The van der Waals surface area contributed by atoms with Gasteiger partial charge in [-0.1, -0.05) is 35.9 Å². The maximum atomic E-state index is 5.48. The third kappa shape index (κ3) is 2.26. The van der Waals surface area contributed by atoms with Crippen molar-refractivity contribution in [3.63, 3.8) is 0 Å². The number of nitrogens with two attached hydrogens (primary N) is 1. The Morgan fingerprint density at radius 3 is 2.74 bits per heavy atom. The van der Waals surface area contributed by atoms with Crippen molar-refractivity contribution in [1.82, 2.24) is 4.98 Å². The number of fused-ring (bicyclic) bond motifs is 4. The number of para-hydroxylation sites is 1. The predicted octanol–water partition coefficient (Wildman–Crippen LogP) is 5.06. The van der Waals surface area contributed by atoms with Crippen LogP contribution in [0, 0.1) is 6.92 Å². The van der Waals surface area contributed by atoms with E-state index in [2.05, 4.69) is 58.5 Å². The van der Waals surface area contributed by atoms with Crippen LogP contribution in [0.5, 0.6) is 0 Å². The number of aromatic nitrogens is 1. The van der Waals surface area contributed by atoms with Gasteiger partial charge in [0, 0.05) is 21.9 Å². The number of H-pyrrole nitrogens is 1. The first-order valence-corrected chi connectivity index (χ1v) is 7.69. The van der Waals surface area contributed by atoms with Crippen molar-refractivity contribution >= 4 is 44.7 Å². The first kappa shape index (κ1) is 13.8. The van der Waals surface area contributed by atoms with Crippen LogP contribution in [-0.2, 0) is 0 Å². The second-order valence-corrected chi connectivity index (χ2v) is 6.00. The van der Waals surface area contributed by atoms with E-state index in [1.54, 1.807) is 0 Å². The summed E-state index contributed by atoms with van der Waals surface area (Å²) in [6.45, 7) is 2.08. The summed E-state index contributed by atoms with van der Waals surface area (Å²) in [5.74, 6) is 0. The number of rotatable bonds is 1. The second-order valence-electron chi connectivity index (χ2n) is 5.58. The van der Waals surface area contributed by atoms with E-state index >= 15 is 0 Å². The molecule has 5 heteroatoms. The zero-order valence-corrected chi connectivity index (χ0v) is 13.3. The number of azo groups is 1. The summed E-state index contributed by atoms with van der Waals surface area (Å²) in [5, 5.41) is 11.5. The maximum absolute atomic E-state index is 5.48. The first-order chi connectivity index (χ1) is 11.1. The Hall–Kier alpha value is -2.79. The van der Waals surface area contributed by atoms with Gasteiger partial charge in [0.25, 0.3) is 0 Å². The van der Waals surface area contributed by atoms with Crippen LogP contribution in [0.2, 0.25) is 0 Å². The first-order valence-electron chi connectivity index (χ1n) is 7.28. The molecule has 0 spiro atoms. The zero-order chi connectivity index (χ0) is 16.0. The van der Waals surface area contributed by atoms with E-state index in [9.17, 15) is 0 Å². The Bertz CT molecular complexity index is 1060. The SMILES string of the molecule is Cc1ccc2c(N=NC(N)=S)c3cc4ccccc4[nH]c-3c2c1. The molecule has 0 saturated heterocycles. The number of hydrogen-bond acceptors (Lipinski definition) is 2. The molecule has 0 radical (unpaired) electrons. The van der Waals surface area contributed by atoms with E-state index in [0.717, 1.165) is 38.6 Å². The van der Waals surface area contributed by atoms with Crippen LogP contribution in [0.15, 0.2) is 58.8 Å². The predicted molar refractivity (Wildman–Crippen MR) is 98.5 cm³/mol. The number of nitrogens with one attached hydrogen (secondary N) is 1. The lowest BCUT2D eigenvalue weighted by atomic mass is 10.1. The van der Waals surface area contributed by atoms with Crippen molar-refractivity contribution in [2.45, 2.75) is 6.92 Å². The molecule has 2 aliphatic rings. The van der Waals surface area contributed by atoms with Crippen molar-refractivity contribution in [3.8, 4) is 11.3 Å². The summed E-state index contributed by atoms with van der Waals surface area (Å²) in [5.41, 5.74) is 10.6. The number of thiocarbonyl (C=S) groups is 1. The molecular weight excluding hydrogens is 304 g/mol. The molecule has 0 saturated carbocycles. The summed E-state index contributed by atoms with van der Waals surface area (Å²) in [4.78, 5) is 3.52. The molecular formula is C18H14N4S. The Balaban J connectivity index is 2.15. The number of hydrogen-bond donors (Lipinski definition) is 2. The van der Waals surface area contributed by atoms with Gasteiger partial charge in [-0.15, -0.1) is 10.2 Å². The van der Waals surface area contributed by atoms with Gasteiger partial charge in [-0.3, -0.25) is 0 Å². The molecule has 1 aliphatic carbocycles. The van der Waals surface area contributed by atoms with Crippen LogP contribution in [0.1, 0.15) is 5.56 Å². The van der Waals surface area contributed by atoms with Gasteiger partial charge in [0.2, 0.25) is 5.11 Å². The summed E-state index contributed by atoms with van der Waals surface area (Å²) >= 11 is 4.82. The van der Waals surface area contributed by atoms with Gasteiger partial charge < -0.3 is 10.7 Å². The summed E-state index contributed by atoms with van der Waals surface area (Å²) in [6, 6.07) is 16.6. The molecule has 1 aliphatic heterocycles. The molecule has 0 amide bonds. The minimum Gasteiger partial charge on any atom is -0.373 e. The highest BCUT2D eigenvalue weighted by Gasteiger charge is 2.19. The van der Waals surface area contributed by atoms with Gasteiger partial charge in [-0.25, -0.2) is 0 Å². The molecule has 2 aromatic carbocycles. The number of aromatic amines is 1. The number of aryl methyl sites for hydroxylation is 1. The lowest BCUT2D eigenvalue weighted by Gasteiger charge is -2.05. The highest BCUT2D eigenvalue weighted by atomic mass is 32.1. The van der Waals surface area contributed by atoms with E-state index in [1.165, 1.54) is 5.56 Å². The quantitative estimate of drug-likeness (QED) is 0.380. The van der Waals surface area contributed by atoms with Crippen LogP contribution in [0.25, 0.3) is 32.9 Å². The lowest BCUT2D eigenvalue weighted by molar-refractivity contribution is 1.29. The standard InChI is InChI=1S/C18H14N4S/c1-10-6-7-12-13(8-10)16-14(17(12)21-22-18(19)23)9-11-4-2-3-5-15(11)20-16/h2-9,20H,1H3,(H2,19,23). The van der Waals surface area contributed by atoms with Crippen molar-refractivity contribution in [2.75, 3.05) is 0 Å². The maximum Gasteiger partial charge on any atom is 0.211 e. The Morgan fingerprint density at radius 1 is 1.09 bits per heavy atom. The van der Waals surface area contributed by atoms with Gasteiger partial charge in [0.15, 0.2) is 0 Å². The largest absolute Gasteiger partial charge is 0.373 e. The highest BCUT2D eigenvalue weighted by molar-refractivity contribution is 7.80. The van der Waals surface area contributed by atoms with E-state index in [4.69, 9.17) is 18.0 Å². The summed E-state index contributed by atoms with van der Waals surface area (Å²) in [6.07, 6.45) is 0. The molecule has 112 valence electrons. The molecule has 1 heterocycles. The summed E-state index contributed by atoms with van der Waals surface area (Å²) < 4.78 is 0. The Kier molecular flexibility index (Phi) is 3.09. The van der Waals surface area contributed by atoms with Gasteiger partial charge in [-0.05, 0) is 42.7 Å². The van der Waals surface area contributed by atoms with Crippen LogP contribution >= 0.6 is 12.2 Å². The number of pyridine rings is 1. The average Bonchev–Trinajstić information content (AvgIpc) is 2.83. The number of benzene rings is 2. The van der Waals surface area contributed by atoms with Crippen molar-refractivity contribution in [2.24, 2.45) is 16.0 Å². The third-order valence-electron chi connectivity index (χ3n) is 3.99. The molecule has 0 unspecified atom stereocenters. The smallest absolute Gasteiger partial charge is 0.211 e. The normalized spacial score (nSPS) is 11.9. The monoisotopic (exact) mass is 318 g/mol. The molecule has 3 N–H and O–H groups in total. The molecule has 0 aromatic heterocycles. The molecule has 4 nitrogen and oxygen atoms in total. The van der Waals surface area contributed by atoms with Gasteiger partial charge >= 0.3 is 0 Å². The van der Waals surface area contributed by atoms with E-state index in [0.29, 0.717) is 0 Å². The zero-order valence-electron chi connectivity index (χ0n) is 12.5. The van der Waals surface area contributed by atoms with Crippen LogP contribution in [0.3, 0.4) is 0 Å². The molecule has 23 heavy (non-hydrogen) atoms. The number of nitrogens with zero attached hydrogens (tertiary/aromatic N) is 2. The highest BCUT2D eigenvalue weighted by Crippen LogP contribution is 2.45. The minimum absolute atomic E-state index is 0.0318. The second kappa shape index (κ2) is 5.14. The van der Waals surface area contributed by atoms with Gasteiger partial charge in [0.05, 0.1) is 5.69 Å². The average molecular weight is 318 g/mol. The van der Waals surface area contributed by atoms with Gasteiger partial charge in [-0.2, -0.15) is 0 Å². The molecule has 0 bridgehead atoms. The van der Waals surface area contributed by atoms with Crippen LogP contribution in [0.4, 0.5) is 5.69 Å². The summed E-state index contributed by atoms with van der Waals surface area (Å²) in [7, 11) is 0. The topological polar surface area (TPSA) is 66.5 Å². The molecule has 4 rings (SSSR count). The minimum atomic E-state index is 0.0318. The molecule has 0 fully saturated rings. The van der Waals surface area contributed by atoms with Crippen LogP contribution in [-0.4, -0.2) is 10.1 Å². The molecule has 0 atom stereocenters. The Labute approximate surface area is 138 Å². The van der Waals surface area contributed by atoms with Crippen molar-refractivity contribution < 1.29 is 0 Å². The third-order valence-corrected chi connectivity index (χ3v) is 4.07. The van der Waals surface area contributed by atoms with E-state index < -0.39 is 0 Å². The van der Waals surface area contributed by atoms with Crippen molar-refractivity contribution in [1.29, 1.82) is 0 Å². The Morgan fingerprint density at radius 2 is 1.91 bits per heavy atom. The van der Waals surface area contributed by atoms with Gasteiger partial charge in [0.1, 0.15) is 5.69 Å². The van der Waals surface area contributed by atoms with E-state index in [-0.39, 0.29) is 5.11 Å². The fraction of sp³-hybridized carbons (Fsp3) is 0.0556. The lowest BCUT2D eigenvalue weighted by Crippen LogP contribution is -2.01. The fourth-order valence-corrected chi connectivity index (χ4v) is 3.03.